The molecule has 0 aliphatic carbocycles. The van der Waals surface area contributed by atoms with E-state index in [9.17, 15) is 0 Å². The third-order valence-electron chi connectivity index (χ3n) is 3.47. The summed E-state index contributed by atoms with van der Waals surface area (Å²) >= 11 is 0. The second-order valence-corrected chi connectivity index (χ2v) is 4.10. The summed E-state index contributed by atoms with van der Waals surface area (Å²) in [5, 5.41) is 0. The van der Waals surface area contributed by atoms with Crippen LogP contribution in [0.2, 0.25) is 0 Å². The van der Waals surface area contributed by atoms with Gasteiger partial charge in [0.1, 0.15) is 0 Å². The molecule has 0 N–H and O–H groups in total. The molecule has 0 aromatic carbocycles. The molecule has 1 unspecified atom stereocenters. The molecule has 0 saturated heterocycles. The summed E-state index contributed by atoms with van der Waals surface area (Å²) in [6.45, 7) is 17.3. The first-order valence-corrected chi connectivity index (χ1v) is 6.69. The lowest BCUT2D eigenvalue weighted by molar-refractivity contribution is 0.176. The average molecular weight is 214 g/mol. The SMILES string of the molecule is CCC(CCN(CC)CC)N(CC)CC. The van der Waals surface area contributed by atoms with Gasteiger partial charge in [-0.2, -0.15) is 0 Å². The van der Waals surface area contributed by atoms with Crippen molar-refractivity contribution in [3.63, 3.8) is 0 Å². The molecule has 0 saturated carbocycles. The van der Waals surface area contributed by atoms with E-state index in [1.807, 2.05) is 0 Å². The van der Waals surface area contributed by atoms with Crippen molar-refractivity contribution in [3.8, 4) is 0 Å². The Morgan fingerprint density at radius 1 is 0.800 bits per heavy atom. The molecule has 0 aromatic rings. The monoisotopic (exact) mass is 214 g/mol. The van der Waals surface area contributed by atoms with E-state index in [4.69, 9.17) is 0 Å². The van der Waals surface area contributed by atoms with Crippen molar-refractivity contribution in [1.82, 2.24) is 9.80 Å². The molecule has 0 aliphatic rings. The van der Waals surface area contributed by atoms with Crippen LogP contribution < -0.4 is 0 Å². The molecular weight excluding hydrogens is 184 g/mol. The topological polar surface area (TPSA) is 6.48 Å². The van der Waals surface area contributed by atoms with Gasteiger partial charge < -0.3 is 9.80 Å². The van der Waals surface area contributed by atoms with Crippen molar-refractivity contribution < 1.29 is 0 Å². The highest BCUT2D eigenvalue weighted by Crippen LogP contribution is 2.09. The molecule has 0 aliphatic heterocycles. The Morgan fingerprint density at radius 3 is 1.67 bits per heavy atom. The van der Waals surface area contributed by atoms with Crippen LogP contribution in [0.15, 0.2) is 0 Å². The van der Waals surface area contributed by atoms with E-state index in [0.29, 0.717) is 0 Å². The average Bonchev–Trinajstić information content (AvgIpc) is 2.29. The maximum atomic E-state index is 2.59. The standard InChI is InChI=1S/C13H30N2/c1-6-13(15(9-4)10-5)11-12-14(7-2)8-3/h13H,6-12H2,1-5H3. The molecule has 0 bridgehead atoms. The molecule has 1 atom stereocenters. The Hall–Kier alpha value is -0.0800. The molecule has 0 rings (SSSR count). The van der Waals surface area contributed by atoms with Crippen LogP contribution in [0.5, 0.6) is 0 Å². The summed E-state index contributed by atoms with van der Waals surface area (Å²) in [5.74, 6) is 0. The largest absolute Gasteiger partial charge is 0.304 e. The molecule has 0 radical (unpaired) electrons. The first kappa shape index (κ1) is 14.9. The second kappa shape index (κ2) is 9.17. The van der Waals surface area contributed by atoms with Crippen molar-refractivity contribution in [2.24, 2.45) is 0 Å². The van der Waals surface area contributed by atoms with Gasteiger partial charge >= 0.3 is 0 Å². The normalized spacial score (nSPS) is 13.8. The zero-order chi connectivity index (χ0) is 11.7. The highest BCUT2D eigenvalue weighted by Gasteiger charge is 2.13. The Balaban J connectivity index is 3.97. The van der Waals surface area contributed by atoms with Crippen LogP contribution in [0.1, 0.15) is 47.5 Å². The summed E-state index contributed by atoms with van der Waals surface area (Å²) in [6.07, 6.45) is 2.60. The van der Waals surface area contributed by atoms with Crippen molar-refractivity contribution in [3.05, 3.63) is 0 Å². The minimum absolute atomic E-state index is 0.778. The molecular formula is C13H30N2. The smallest absolute Gasteiger partial charge is 0.0105 e. The number of hydrogen-bond acceptors (Lipinski definition) is 2. The van der Waals surface area contributed by atoms with Crippen LogP contribution in [-0.4, -0.2) is 48.6 Å². The van der Waals surface area contributed by atoms with Gasteiger partial charge in [-0.3, -0.25) is 0 Å². The molecule has 15 heavy (non-hydrogen) atoms. The third kappa shape index (κ3) is 5.53. The lowest BCUT2D eigenvalue weighted by atomic mass is 10.1. The predicted molar refractivity (Wildman–Crippen MR) is 69.4 cm³/mol. The number of hydrogen-bond donors (Lipinski definition) is 0. The molecule has 2 heteroatoms. The van der Waals surface area contributed by atoms with E-state index in [-0.39, 0.29) is 0 Å². The number of rotatable bonds is 9. The van der Waals surface area contributed by atoms with E-state index in [1.54, 1.807) is 0 Å². The fraction of sp³-hybridized carbons (Fsp3) is 1.00. The first-order valence-electron chi connectivity index (χ1n) is 6.69. The third-order valence-corrected chi connectivity index (χ3v) is 3.47. The molecule has 2 nitrogen and oxygen atoms in total. The molecule has 0 aromatic heterocycles. The van der Waals surface area contributed by atoms with Crippen molar-refractivity contribution in [1.29, 1.82) is 0 Å². The number of nitrogens with zero attached hydrogens (tertiary/aromatic N) is 2. The maximum absolute atomic E-state index is 2.59. The van der Waals surface area contributed by atoms with Crippen LogP contribution in [0.3, 0.4) is 0 Å². The van der Waals surface area contributed by atoms with Gasteiger partial charge in [0.05, 0.1) is 0 Å². The van der Waals surface area contributed by atoms with Gasteiger partial charge in [0, 0.05) is 6.04 Å². The summed E-state index contributed by atoms with van der Waals surface area (Å²) in [5.41, 5.74) is 0. The fourth-order valence-electron chi connectivity index (χ4n) is 2.26. The van der Waals surface area contributed by atoms with Gasteiger partial charge in [0.15, 0.2) is 0 Å². The Bertz CT molecular complexity index is 128. The Kier molecular flexibility index (Phi) is 9.12. The lowest BCUT2D eigenvalue weighted by Gasteiger charge is -2.30. The van der Waals surface area contributed by atoms with Gasteiger partial charge in [-0.25, -0.2) is 0 Å². The molecule has 0 amide bonds. The van der Waals surface area contributed by atoms with E-state index in [1.165, 1.54) is 45.6 Å². The summed E-state index contributed by atoms with van der Waals surface area (Å²) in [4.78, 5) is 5.11. The second-order valence-electron chi connectivity index (χ2n) is 4.10. The maximum Gasteiger partial charge on any atom is 0.0105 e. The minimum atomic E-state index is 0.778. The van der Waals surface area contributed by atoms with Crippen LogP contribution >= 0.6 is 0 Å². The fourth-order valence-corrected chi connectivity index (χ4v) is 2.26. The zero-order valence-corrected chi connectivity index (χ0v) is 11.4. The highest BCUT2D eigenvalue weighted by atomic mass is 15.2. The Morgan fingerprint density at radius 2 is 1.33 bits per heavy atom. The molecule has 92 valence electrons. The quantitative estimate of drug-likeness (QED) is 0.582. The van der Waals surface area contributed by atoms with Crippen molar-refractivity contribution in [2.75, 3.05) is 32.7 Å². The molecule has 0 heterocycles. The van der Waals surface area contributed by atoms with Crippen LogP contribution in [0.4, 0.5) is 0 Å². The van der Waals surface area contributed by atoms with E-state index >= 15 is 0 Å². The summed E-state index contributed by atoms with van der Waals surface area (Å²) in [6, 6.07) is 0.778. The first-order chi connectivity index (χ1) is 7.23. The van der Waals surface area contributed by atoms with Crippen molar-refractivity contribution >= 4 is 0 Å². The summed E-state index contributed by atoms with van der Waals surface area (Å²) < 4.78 is 0. The van der Waals surface area contributed by atoms with E-state index in [2.05, 4.69) is 44.4 Å². The van der Waals surface area contributed by atoms with Crippen LogP contribution in [0, 0.1) is 0 Å². The Labute approximate surface area is 96.6 Å². The van der Waals surface area contributed by atoms with Crippen molar-refractivity contribution in [2.45, 2.75) is 53.5 Å². The molecule has 0 spiro atoms. The summed E-state index contributed by atoms with van der Waals surface area (Å²) in [7, 11) is 0. The highest BCUT2D eigenvalue weighted by molar-refractivity contribution is 4.70. The predicted octanol–water partition coefficient (Wildman–Crippen LogP) is 2.84. The lowest BCUT2D eigenvalue weighted by Crippen LogP contribution is -2.37. The van der Waals surface area contributed by atoms with Gasteiger partial charge in [-0.1, -0.05) is 34.6 Å². The molecule has 0 fully saturated rings. The van der Waals surface area contributed by atoms with E-state index in [0.717, 1.165) is 6.04 Å². The van der Waals surface area contributed by atoms with E-state index < -0.39 is 0 Å². The minimum Gasteiger partial charge on any atom is -0.304 e. The van der Waals surface area contributed by atoms with Gasteiger partial charge in [0.25, 0.3) is 0 Å². The van der Waals surface area contributed by atoms with Crippen LogP contribution in [0.25, 0.3) is 0 Å². The van der Waals surface area contributed by atoms with Gasteiger partial charge in [0.2, 0.25) is 0 Å². The zero-order valence-electron chi connectivity index (χ0n) is 11.4. The van der Waals surface area contributed by atoms with Crippen LogP contribution in [-0.2, 0) is 0 Å². The van der Waals surface area contributed by atoms with Gasteiger partial charge in [-0.15, -0.1) is 0 Å². The van der Waals surface area contributed by atoms with Gasteiger partial charge in [-0.05, 0) is 45.6 Å².